The number of hydrogen-bond donors (Lipinski definition) is 1. The maximum Gasteiger partial charge on any atom is 0.156 e. The molecule has 1 N–H and O–H groups in total. The van der Waals surface area contributed by atoms with Gasteiger partial charge in [0, 0.05) is 31.6 Å². The van der Waals surface area contributed by atoms with Gasteiger partial charge in [-0.2, -0.15) is 0 Å². The van der Waals surface area contributed by atoms with Crippen LogP contribution < -0.4 is 5.32 Å². The van der Waals surface area contributed by atoms with Crippen molar-refractivity contribution in [2.45, 2.75) is 44.6 Å². The Morgan fingerprint density at radius 3 is 3.11 bits per heavy atom. The van der Waals surface area contributed by atoms with Gasteiger partial charge in [0.25, 0.3) is 0 Å². The number of nitrogens with one attached hydrogen (secondary N) is 1. The summed E-state index contributed by atoms with van der Waals surface area (Å²) >= 11 is 1.92. The van der Waals surface area contributed by atoms with Gasteiger partial charge >= 0.3 is 0 Å². The SMILES string of the molecule is C(CN=C1NC2CCCC2CS1)COCC1CC1. The molecule has 0 aromatic heterocycles. The molecule has 3 rings (SSSR count). The van der Waals surface area contributed by atoms with E-state index in [2.05, 4.69) is 10.3 Å². The van der Waals surface area contributed by atoms with Crippen LogP contribution >= 0.6 is 11.8 Å². The lowest BCUT2D eigenvalue weighted by Gasteiger charge is -2.28. The predicted octanol–water partition coefficient (Wildman–Crippen LogP) is 2.66. The van der Waals surface area contributed by atoms with E-state index in [-0.39, 0.29) is 0 Å². The summed E-state index contributed by atoms with van der Waals surface area (Å²) in [7, 11) is 0. The lowest BCUT2D eigenvalue weighted by atomic mass is 10.1. The van der Waals surface area contributed by atoms with Gasteiger partial charge in [-0.15, -0.1) is 0 Å². The number of ether oxygens (including phenoxy) is 1. The maximum absolute atomic E-state index is 5.62. The van der Waals surface area contributed by atoms with Crippen LogP contribution in [0.3, 0.4) is 0 Å². The molecule has 1 saturated heterocycles. The Kier molecular flexibility index (Phi) is 4.47. The lowest BCUT2D eigenvalue weighted by molar-refractivity contribution is 0.123. The molecular formula is C14H24N2OS. The second kappa shape index (κ2) is 6.29. The molecule has 3 aliphatic rings. The standard InChI is InChI=1S/C14H24N2OS/c1-3-12-10-18-14(16-13(12)4-1)15-7-2-8-17-9-11-5-6-11/h11-13H,1-10H2,(H,15,16). The average Bonchev–Trinajstić information content (AvgIpc) is 3.09. The van der Waals surface area contributed by atoms with E-state index in [4.69, 9.17) is 4.74 Å². The fourth-order valence-electron chi connectivity index (χ4n) is 2.79. The molecule has 18 heavy (non-hydrogen) atoms. The van der Waals surface area contributed by atoms with Gasteiger partial charge in [-0.3, -0.25) is 4.99 Å². The lowest BCUT2D eigenvalue weighted by Crippen LogP contribution is -2.41. The van der Waals surface area contributed by atoms with Gasteiger partial charge in [0.2, 0.25) is 0 Å². The highest BCUT2D eigenvalue weighted by molar-refractivity contribution is 8.13. The van der Waals surface area contributed by atoms with Crippen LogP contribution in [-0.4, -0.2) is 36.7 Å². The number of amidine groups is 1. The molecule has 0 radical (unpaired) electrons. The van der Waals surface area contributed by atoms with Gasteiger partial charge in [-0.05, 0) is 43.9 Å². The van der Waals surface area contributed by atoms with Crippen molar-refractivity contribution in [1.82, 2.24) is 5.32 Å². The first-order valence-corrected chi connectivity index (χ1v) is 8.42. The van der Waals surface area contributed by atoms with E-state index in [0.717, 1.165) is 44.1 Å². The van der Waals surface area contributed by atoms with Gasteiger partial charge in [0.1, 0.15) is 0 Å². The van der Waals surface area contributed by atoms with Crippen molar-refractivity contribution in [3.8, 4) is 0 Å². The highest BCUT2D eigenvalue weighted by Gasteiger charge is 2.31. The molecule has 2 aliphatic carbocycles. The van der Waals surface area contributed by atoms with Gasteiger partial charge in [-0.1, -0.05) is 18.2 Å². The predicted molar refractivity (Wildman–Crippen MR) is 77.2 cm³/mol. The minimum absolute atomic E-state index is 0.719. The van der Waals surface area contributed by atoms with Crippen molar-refractivity contribution in [2.24, 2.45) is 16.8 Å². The van der Waals surface area contributed by atoms with Crippen molar-refractivity contribution >= 4 is 16.9 Å². The first-order valence-electron chi connectivity index (χ1n) is 7.43. The molecule has 2 unspecified atom stereocenters. The molecular weight excluding hydrogens is 244 g/mol. The second-order valence-corrected chi connectivity index (χ2v) is 6.82. The summed E-state index contributed by atoms with van der Waals surface area (Å²) in [6.07, 6.45) is 7.97. The largest absolute Gasteiger partial charge is 0.381 e. The summed E-state index contributed by atoms with van der Waals surface area (Å²) in [6.45, 7) is 2.77. The van der Waals surface area contributed by atoms with Crippen LogP contribution in [-0.2, 0) is 4.74 Å². The average molecular weight is 268 g/mol. The molecule has 102 valence electrons. The van der Waals surface area contributed by atoms with Gasteiger partial charge in [-0.25, -0.2) is 0 Å². The van der Waals surface area contributed by atoms with Gasteiger partial charge < -0.3 is 10.1 Å². The summed E-state index contributed by atoms with van der Waals surface area (Å²) in [5, 5.41) is 4.79. The normalized spacial score (nSPS) is 33.4. The third-order valence-electron chi connectivity index (χ3n) is 4.15. The van der Waals surface area contributed by atoms with Crippen LogP contribution in [0.4, 0.5) is 0 Å². The van der Waals surface area contributed by atoms with E-state index >= 15 is 0 Å². The van der Waals surface area contributed by atoms with E-state index in [1.165, 1.54) is 43.0 Å². The van der Waals surface area contributed by atoms with Crippen LogP contribution in [0.2, 0.25) is 0 Å². The molecule has 3 fully saturated rings. The zero-order valence-corrected chi connectivity index (χ0v) is 11.9. The topological polar surface area (TPSA) is 33.6 Å². The number of thioether (sulfide) groups is 1. The molecule has 1 heterocycles. The fraction of sp³-hybridized carbons (Fsp3) is 0.929. The first-order chi connectivity index (χ1) is 8.92. The molecule has 0 aromatic rings. The van der Waals surface area contributed by atoms with Gasteiger partial charge in [0.15, 0.2) is 5.17 Å². The van der Waals surface area contributed by atoms with Crippen molar-refractivity contribution in [3.63, 3.8) is 0 Å². The molecule has 0 bridgehead atoms. The van der Waals surface area contributed by atoms with Crippen LogP contribution in [0, 0.1) is 11.8 Å². The first kappa shape index (κ1) is 12.8. The molecule has 0 spiro atoms. The molecule has 1 aliphatic heterocycles. The highest BCUT2D eigenvalue weighted by Crippen LogP contribution is 2.32. The zero-order chi connectivity index (χ0) is 12.2. The molecule has 4 heteroatoms. The Morgan fingerprint density at radius 2 is 2.22 bits per heavy atom. The number of aliphatic imine (C=N–C) groups is 1. The minimum atomic E-state index is 0.719. The molecule has 2 saturated carbocycles. The quantitative estimate of drug-likeness (QED) is 0.752. The molecule has 0 amide bonds. The van der Waals surface area contributed by atoms with Crippen molar-refractivity contribution in [1.29, 1.82) is 0 Å². The van der Waals surface area contributed by atoms with Gasteiger partial charge in [0.05, 0.1) is 0 Å². The third kappa shape index (κ3) is 3.64. The van der Waals surface area contributed by atoms with Crippen molar-refractivity contribution in [2.75, 3.05) is 25.5 Å². The number of fused-ring (bicyclic) bond motifs is 1. The number of nitrogens with zero attached hydrogens (tertiary/aromatic N) is 1. The Bertz CT molecular complexity index is 304. The van der Waals surface area contributed by atoms with Crippen LogP contribution in [0.1, 0.15) is 38.5 Å². The van der Waals surface area contributed by atoms with E-state index in [0.29, 0.717) is 0 Å². The summed E-state index contributed by atoms with van der Waals surface area (Å²) in [6, 6.07) is 0.719. The minimum Gasteiger partial charge on any atom is -0.381 e. The van der Waals surface area contributed by atoms with E-state index < -0.39 is 0 Å². The third-order valence-corrected chi connectivity index (χ3v) is 5.27. The van der Waals surface area contributed by atoms with E-state index in [1.54, 1.807) is 0 Å². The Hall–Kier alpha value is -0.220. The number of rotatable bonds is 6. The molecule has 3 nitrogen and oxygen atoms in total. The highest BCUT2D eigenvalue weighted by atomic mass is 32.2. The summed E-state index contributed by atoms with van der Waals surface area (Å²) in [5.74, 6) is 3.05. The second-order valence-electron chi connectivity index (χ2n) is 5.81. The fourth-order valence-corrected chi connectivity index (χ4v) is 3.97. The summed E-state index contributed by atoms with van der Waals surface area (Å²) < 4.78 is 5.62. The Balaban J connectivity index is 1.29. The van der Waals surface area contributed by atoms with E-state index in [1.807, 2.05) is 11.8 Å². The zero-order valence-electron chi connectivity index (χ0n) is 11.1. The van der Waals surface area contributed by atoms with Crippen LogP contribution in [0.25, 0.3) is 0 Å². The van der Waals surface area contributed by atoms with E-state index in [9.17, 15) is 0 Å². The smallest absolute Gasteiger partial charge is 0.156 e. The molecule has 0 aromatic carbocycles. The Morgan fingerprint density at radius 1 is 1.28 bits per heavy atom. The Labute approximate surface area is 114 Å². The van der Waals surface area contributed by atoms with Crippen molar-refractivity contribution < 1.29 is 4.74 Å². The maximum atomic E-state index is 5.62. The van der Waals surface area contributed by atoms with Crippen LogP contribution in [0.5, 0.6) is 0 Å². The summed E-state index contributed by atoms with van der Waals surface area (Å²) in [5.41, 5.74) is 0. The number of hydrogen-bond acceptors (Lipinski definition) is 3. The van der Waals surface area contributed by atoms with Crippen LogP contribution in [0.15, 0.2) is 4.99 Å². The monoisotopic (exact) mass is 268 g/mol. The summed E-state index contributed by atoms with van der Waals surface area (Å²) in [4.78, 5) is 4.66. The van der Waals surface area contributed by atoms with Crippen molar-refractivity contribution in [3.05, 3.63) is 0 Å². The molecule has 2 atom stereocenters.